The molecule has 0 aliphatic rings. The van der Waals surface area contributed by atoms with E-state index in [1.54, 1.807) is 36.7 Å². The van der Waals surface area contributed by atoms with Crippen molar-refractivity contribution < 1.29 is 9.21 Å². The van der Waals surface area contributed by atoms with E-state index in [1.165, 1.54) is 0 Å². The number of nitrogens with zero attached hydrogens (tertiary/aromatic N) is 3. The van der Waals surface area contributed by atoms with Gasteiger partial charge in [0, 0.05) is 29.7 Å². The summed E-state index contributed by atoms with van der Waals surface area (Å²) in [6.45, 7) is 0.0986. The van der Waals surface area contributed by atoms with Crippen LogP contribution < -0.4 is 5.32 Å². The van der Waals surface area contributed by atoms with Gasteiger partial charge in [0.15, 0.2) is 0 Å². The lowest BCUT2D eigenvalue weighted by Crippen LogP contribution is -2.10. The van der Waals surface area contributed by atoms with Crippen molar-refractivity contribution in [3.8, 4) is 11.5 Å². The second-order valence-corrected chi connectivity index (χ2v) is 5.83. The van der Waals surface area contributed by atoms with Crippen molar-refractivity contribution in [1.29, 1.82) is 0 Å². The number of carbonyl (C=O) groups excluding carboxylic acids is 1. The lowest BCUT2D eigenvalue weighted by atomic mass is 10.3. The minimum Gasteiger partial charge on any atom is -0.411 e. The number of anilines is 1. The summed E-state index contributed by atoms with van der Waals surface area (Å²) in [5, 5.41) is 11.3. The summed E-state index contributed by atoms with van der Waals surface area (Å²) in [6, 6.07) is 10.7. The van der Waals surface area contributed by atoms with E-state index in [4.69, 9.17) is 16.0 Å². The van der Waals surface area contributed by atoms with Crippen LogP contribution in [0, 0.1) is 0 Å². The van der Waals surface area contributed by atoms with Gasteiger partial charge in [0.1, 0.15) is 0 Å². The predicted molar refractivity (Wildman–Crippen MR) is 88.3 cm³/mol. The molecular formula is C15H11ClN4O2S. The van der Waals surface area contributed by atoms with Crippen LogP contribution in [0.2, 0.25) is 5.02 Å². The number of halogens is 1. The molecule has 0 radical (unpaired) electrons. The molecule has 0 saturated heterocycles. The van der Waals surface area contributed by atoms with Crippen molar-refractivity contribution in [3.63, 3.8) is 0 Å². The Morgan fingerprint density at radius 3 is 2.74 bits per heavy atom. The van der Waals surface area contributed by atoms with Gasteiger partial charge >= 0.3 is 0 Å². The zero-order valence-electron chi connectivity index (χ0n) is 11.8. The van der Waals surface area contributed by atoms with Gasteiger partial charge in [-0.25, -0.2) is 0 Å². The van der Waals surface area contributed by atoms with Crippen LogP contribution in [-0.2, 0) is 4.79 Å². The predicted octanol–water partition coefficient (Wildman–Crippen LogP) is 3.52. The number of hydrogen-bond acceptors (Lipinski definition) is 7. The highest BCUT2D eigenvalue weighted by molar-refractivity contribution is 8.13. The van der Waals surface area contributed by atoms with Gasteiger partial charge in [0.25, 0.3) is 5.22 Å². The number of para-hydroxylation sites is 1. The first-order valence-corrected chi connectivity index (χ1v) is 7.85. The third-order valence-electron chi connectivity index (χ3n) is 2.83. The van der Waals surface area contributed by atoms with Gasteiger partial charge < -0.3 is 9.73 Å². The van der Waals surface area contributed by atoms with E-state index in [-0.39, 0.29) is 16.9 Å². The first kappa shape index (κ1) is 15.5. The van der Waals surface area contributed by atoms with Gasteiger partial charge in [-0.2, -0.15) is 0 Å². The fraction of sp³-hybridized carbons (Fsp3) is 0.0667. The number of rotatable bonds is 5. The van der Waals surface area contributed by atoms with Crippen molar-refractivity contribution in [2.75, 3.05) is 11.9 Å². The van der Waals surface area contributed by atoms with E-state index >= 15 is 0 Å². The van der Waals surface area contributed by atoms with Gasteiger partial charge in [-0.3, -0.25) is 9.78 Å². The highest BCUT2D eigenvalue weighted by Crippen LogP contribution is 2.24. The maximum atomic E-state index is 12.0. The Bertz CT molecular complexity index is 810. The normalized spacial score (nSPS) is 10.5. The Labute approximate surface area is 141 Å². The van der Waals surface area contributed by atoms with E-state index in [0.29, 0.717) is 16.6 Å². The van der Waals surface area contributed by atoms with Gasteiger partial charge in [-0.15, -0.1) is 10.2 Å². The molecule has 116 valence electrons. The molecule has 3 aromatic rings. The van der Waals surface area contributed by atoms with E-state index in [2.05, 4.69) is 20.5 Å². The highest BCUT2D eigenvalue weighted by Gasteiger charge is 2.13. The maximum Gasteiger partial charge on any atom is 0.284 e. The second-order valence-electron chi connectivity index (χ2n) is 4.42. The average Bonchev–Trinajstić information content (AvgIpc) is 3.03. The zero-order valence-corrected chi connectivity index (χ0v) is 13.3. The molecule has 3 rings (SSSR count). The van der Waals surface area contributed by atoms with Crippen molar-refractivity contribution in [2.24, 2.45) is 0 Å². The van der Waals surface area contributed by atoms with E-state index in [9.17, 15) is 4.79 Å². The molecule has 0 atom stereocenters. The molecule has 6 nitrogen and oxygen atoms in total. The molecule has 0 unspecified atom stereocenters. The molecule has 0 amide bonds. The van der Waals surface area contributed by atoms with Crippen LogP contribution in [0.15, 0.2) is 58.4 Å². The van der Waals surface area contributed by atoms with Crippen LogP contribution in [0.25, 0.3) is 11.5 Å². The third-order valence-corrected chi connectivity index (χ3v) is 3.87. The van der Waals surface area contributed by atoms with Crippen LogP contribution in [0.5, 0.6) is 0 Å². The Hall–Kier alpha value is -2.38. The van der Waals surface area contributed by atoms with Gasteiger partial charge in [0.2, 0.25) is 11.0 Å². The first-order chi connectivity index (χ1) is 11.2. The van der Waals surface area contributed by atoms with Crippen molar-refractivity contribution in [1.82, 2.24) is 15.2 Å². The molecule has 2 heterocycles. The van der Waals surface area contributed by atoms with Gasteiger partial charge in [-0.1, -0.05) is 23.7 Å². The lowest BCUT2D eigenvalue weighted by Gasteiger charge is -2.05. The summed E-state index contributed by atoms with van der Waals surface area (Å²) >= 11 is 6.90. The van der Waals surface area contributed by atoms with E-state index < -0.39 is 0 Å². The Morgan fingerprint density at radius 1 is 1.17 bits per heavy atom. The number of nitrogens with one attached hydrogen (secondary N) is 1. The van der Waals surface area contributed by atoms with Crippen LogP contribution in [-0.4, -0.2) is 26.8 Å². The quantitative estimate of drug-likeness (QED) is 0.708. The number of pyridine rings is 1. The average molecular weight is 347 g/mol. The molecule has 0 saturated carbocycles. The van der Waals surface area contributed by atoms with Crippen LogP contribution in [0.3, 0.4) is 0 Å². The number of hydrogen-bond donors (Lipinski definition) is 1. The Kier molecular flexibility index (Phi) is 4.89. The van der Waals surface area contributed by atoms with Crippen LogP contribution >= 0.6 is 23.4 Å². The summed E-state index contributed by atoms with van der Waals surface area (Å²) in [5.41, 5.74) is 1.45. The van der Waals surface area contributed by atoms with Crippen LogP contribution in [0.1, 0.15) is 0 Å². The lowest BCUT2D eigenvalue weighted by molar-refractivity contribution is -0.109. The van der Waals surface area contributed by atoms with E-state index in [1.807, 2.05) is 12.1 Å². The van der Waals surface area contributed by atoms with Crippen molar-refractivity contribution in [3.05, 3.63) is 53.8 Å². The number of aromatic nitrogens is 3. The summed E-state index contributed by atoms with van der Waals surface area (Å²) in [4.78, 5) is 15.9. The molecule has 1 N–H and O–H groups in total. The molecule has 8 heteroatoms. The number of carbonyl (C=O) groups is 1. The fourth-order valence-corrected chi connectivity index (χ4v) is 2.51. The number of thioether (sulfide) groups is 1. The van der Waals surface area contributed by atoms with Crippen molar-refractivity contribution >= 4 is 34.2 Å². The second kappa shape index (κ2) is 7.26. The summed E-state index contributed by atoms with van der Waals surface area (Å²) in [6.07, 6.45) is 3.26. The maximum absolute atomic E-state index is 12.0. The standard InChI is InChI=1S/C15H11ClN4O2S/c16-11-3-1-2-4-12(11)18-9-13(21)23-15-20-19-14(22-15)10-5-7-17-8-6-10/h1-8,18H,9H2. The molecule has 0 fully saturated rings. The summed E-state index contributed by atoms with van der Waals surface area (Å²) in [5.74, 6) is 0.349. The highest BCUT2D eigenvalue weighted by atomic mass is 35.5. The molecule has 0 aliphatic carbocycles. The molecule has 1 aromatic carbocycles. The number of benzene rings is 1. The first-order valence-electron chi connectivity index (χ1n) is 6.65. The van der Waals surface area contributed by atoms with Gasteiger partial charge in [0.05, 0.1) is 17.3 Å². The Morgan fingerprint density at radius 2 is 1.96 bits per heavy atom. The fourth-order valence-electron chi connectivity index (χ4n) is 1.77. The van der Waals surface area contributed by atoms with Crippen LogP contribution in [0.4, 0.5) is 5.69 Å². The molecule has 23 heavy (non-hydrogen) atoms. The topological polar surface area (TPSA) is 80.9 Å². The SMILES string of the molecule is O=C(CNc1ccccc1Cl)Sc1nnc(-c2ccncc2)o1. The minimum absolute atomic E-state index is 0.0986. The summed E-state index contributed by atoms with van der Waals surface area (Å²) < 4.78 is 5.45. The molecule has 0 aliphatic heterocycles. The largest absolute Gasteiger partial charge is 0.411 e. The molecule has 0 bridgehead atoms. The van der Waals surface area contributed by atoms with E-state index in [0.717, 1.165) is 17.3 Å². The van der Waals surface area contributed by atoms with Crippen molar-refractivity contribution in [2.45, 2.75) is 5.22 Å². The zero-order chi connectivity index (χ0) is 16.1. The van der Waals surface area contributed by atoms with Gasteiger partial charge in [-0.05, 0) is 24.3 Å². The smallest absolute Gasteiger partial charge is 0.284 e. The minimum atomic E-state index is -0.158. The Balaban J connectivity index is 1.58. The molecule has 0 spiro atoms. The molecule has 2 aromatic heterocycles. The summed E-state index contributed by atoms with van der Waals surface area (Å²) in [7, 11) is 0. The molecular weight excluding hydrogens is 336 g/mol. The third kappa shape index (κ3) is 4.08. The monoisotopic (exact) mass is 346 g/mol.